The molecule has 0 amide bonds. The molecule has 0 aromatic heterocycles. The molecule has 0 aliphatic carbocycles. The van der Waals surface area contributed by atoms with Gasteiger partial charge in [0.25, 0.3) is 0 Å². The Balaban J connectivity index is 2.03. The predicted octanol–water partition coefficient (Wildman–Crippen LogP) is 4.73. The fourth-order valence-electron chi connectivity index (χ4n) is 1.90. The molecule has 0 aliphatic heterocycles. The molecule has 2 N–H and O–H groups in total. The lowest BCUT2D eigenvalue weighted by Gasteiger charge is -2.10. The highest BCUT2D eigenvalue weighted by molar-refractivity contribution is 9.10. The van der Waals surface area contributed by atoms with Crippen molar-refractivity contribution in [2.24, 2.45) is 0 Å². The molecule has 22 heavy (non-hydrogen) atoms. The Kier molecular flexibility index (Phi) is 5.85. The molecule has 118 valence electrons. The van der Waals surface area contributed by atoms with Crippen molar-refractivity contribution >= 4 is 43.0 Å². The second-order valence-corrected chi connectivity index (χ2v) is 7.65. The number of anilines is 3. The van der Waals surface area contributed by atoms with Crippen LogP contribution in [0.15, 0.2) is 53.0 Å². The lowest BCUT2D eigenvalue weighted by molar-refractivity contribution is 0.598. The first-order valence-corrected chi connectivity index (χ1v) is 9.57. The molecule has 0 saturated heterocycles. The van der Waals surface area contributed by atoms with Crippen molar-refractivity contribution < 1.29 is 8.42 Å². The van der Waals surface area contributed by atoms with Gasteiger partial charge in [0.1, 0.15) is 0 Å². The van der Waals surface area contributed by atoms with E-state index in [1.807, 2.05) is 43.3 Å². The fraction of sp³-hybridized carbons (Fsp3) is 0.250. The third kappa shape index (κ3) is 5.03. The average molecular weight is 383 g/mol. The maximum absolute atomic E-state index is 11.8. The largest absolute Gasteiger partial charge is 0.355 e. The molecule has 0 aliphatic rings. The van der Waals surface area contributed by atoms with Gasteiger partial charge in [-0.15, -0.1) is 0 Å². The van der Waals surface area contributed by atoms with Gasteiger partial charge in [0.2, 0.25) is 10.0 Å². The van der Waals surface area contributed by atoms with Gasteiger partial charge in [-0.2, -0.15) is 0 Å². The van der Waals surface area contributed by atoms with Gasteiger partial charge >= 0.3 is 0 Å². The van der Waals surface area contributed by atoms with E-state index in [0.717, 1.165) is 22.3 Å². The quantitative estimate of drug-likeness (QED) is 0.727. The lowest BCUT2D eigenvalue weighted by Crippen LogP contribution is -2.16. The van der Waals surface area contributed by atoms with Gasteiger partial charge in [-0.1, -0.05) is 25.5 Å². The maximum atomic E-state index is 11.8. The molecule has 2 aromatic carbocycles. The highest BCUT2D eigenvalue weighted by atomic mass is 79.9. The summed E-state index contributed by atoms with van der Waals surface area (Å²) in [4.78, 5) is 0. The first-order valence-electron chi connectivity index (χ1n) is 7.12. The summed E-state index contributed by atoms with van der Waals surface area (Å²) in [6.07, 6.45) is 1.52. The molecule has 2 rings (SSSR count). The third-order valence-electron chi connectivity index (χ3n) is 3.08. The average Bonchev–Trinajstić information content (AvgIpc) is 2.49. The summed E-state index contributed by atoms with van der Waals surface area (Å²) >= 11 is 3.48. The summed E-state index contributed by atoms with van der Waals surface area (Å²) in [5.74, 6) is 0.153. The smallest absolute Gasteiger partial charge is 0.232 e. The van der Waals surface area contributed by atoms with Crippen LogP contribution in [0.25, 0.3) is 0 Å². The zero-order valence-corrected chi connectivity index (χ0v) is 14.7. The van der Waals surface area contributed by atoms with Crippen molar-refractivity contribution in [3.8, 4) is 0 Å². The number of rotatable bonds is 7. The van der Waals surface area contributed by atoms with Crippen LogP contribution in [0, 0.1) is 0 Å². The second-order valence-electron chi connectivity index (χ2n) is 4.96. The zero-order valence-electron chi connectivity index (χ0n) is 12.3. The summed E-state index contributed by atoms with van der Waals surface area (Å²) in [5.41, 5.74) is 2.43. The zero-order chi connectivity index (χ0) is 16.0. The summed E-state index contributed by atoms with van der Waals surface area (Å²) in [5, 5.41) is 3.27. The normalized spacial score (nSPS) is 11.2. The Labute approximate surface area is 140 Å². The third-order valence-corrected chi connectivity index (χ3v) is 5.14. The minimum Gasteiger partial charge on any atom is -0.355 e. The molecule has 0 radical (unpaired) electrons. The van der Waals surface area contributed by atoms with Crippen LogP contribution >= 0.6 is 15.9 Å². The van der Waals surface area contributed by atoms with Crippen molar-refractivity contribution in [1.82, 2.24) is 0 Å². The Morgan fingerprint density at radius 3 is 2.27 bits per heavy atom. The summed E-state index contributed by atoms with van der Waals surface area (Å²) in [6.45, 7) is 1.97. The molecule has 0 fully saturated rings. The SMILES string of the molecule is CCCCS(=O)(=O)Nc1ccc(Nc2ccccc2Br)cc1. The molecular weight excluding hydrogens is 364 g/mol. The Hall–Kier alpha value is -1.53. The fourth-order valence-corrected chi connectivity index (χ4v) is 3.55. The highest BCUT2D eigenvalue weighted by Gasteiger charge is 2.09. The van der Waals surface area contributed by atoms with Crippen LogP contribution in [0.4, 0.5) is 17.1 Å². The Morgan fingerprint density at radius 1 is 1.00 bits per heavy atom. The van der Waals surface area contributed by atoms with Crippen LogP contribution in [0.3, 0.4) is 0 Å². The molecule has 4 nitrogen and oxygen atoms in total. The van der Waals surface area contributed by atoms with Crippen molar-refractivity contribution in [2.45, 2.75) is 19.8 Å². The number of hydrogen-bond donors (Lipinski definition) is 2. The number of unbranched alkanes of at least 4 members (excludes halogenated alkanes) is 1. The first kappa shape index (κ1) is 16.8. The van der Waals surface area contributed by atoms with Gasteiger partial charge in [0.05, 0.1) is 11.4 Å². The number of halogens is 1. The van der Waals surface area contributed by atoms with Gasteiger partial charge in [0, 0.05) is 15.8 Å². The van der Waals surface area contributed by atoms with E-state index in [2.05, 4.69) is 26.0 Å². The number of nitrogens with one attached hydrogen (secondary N) is 2. The van der Waals surface area contributed by atoms with E-state index in [4.69, 9.17) is 0 Å². The number of para-hydroxylation sites is 1. The van der Waals surface area contributed by atoms with Crippen LogP contribution < -0.4 is 10.0 Å². The molecule has 0 atom stereocenters. The predicted molar refractivity (Wildman–Crippen MR) is 96.2 cm³/mol. The molecule has 0 heterocycles. The van der Waals surface area contributed by atoms with Gasteiger partial charge in [-0.05, 0) is 58.7 Å². The van der Waals surface area contributed by atoms with E-state index in [1.54, 1.807) is 12.1 Å². The van der Waals surface area contributed by atoms with Crippen LogP contribution in [-0.2, 0) is 10.0 Å². The standard InChI is InChI=1S/C16H19BrN2O2S/c1-2-3-12-22(20,21)19-14-10-8-13(9-11-14)18-16-7-5-4-6-15(16)17/h4-11,18-19H,2-3,12H2,1H3. The van der Waals surface area contributed by atoms with E-state index in [1.165, 1.54) is 0 Å². The van der Waals surface area contributed by atoms with Gasteiger partial charge < -0.3 is 5.32 Å². The van der Waals surface area contributed by atoms with Crippen molar-refractivity contribution in [1.29, 1.82) is 0 Å². The summed E-state index contributed by atoms with van der Waals surface area (Å²) < 4.78 is 27.3. The number of benzene rings is 2. The van der Waals surface area contributed by atoms with E-state index in [-0.39, 0.29) is 5.75 Å². The Bertz CT molecular complexity index is 715. The molecule has 2 aromatic rings. The van der Waals surface area contributed by atoms with Gasteiger partial charge in [-0.3, -0.25) is 4.72 Å². The van der Waals surface area contributed by atoms with Gasteiger partial charge in [-0.25, -0.2) is 8.42 Å². The topological polar surface area (TPSA) is 58.2 Å². The van der Waals surface area contributed by atoms with E-state index in [0.29, 0.717) is 12.1 Å². The number of sulfonamides is 1. The van der Waals surface area contributed by atoms with Crippen molar-refractivity contribution in [2.75, 3.05) is 15.8 Å². The van der Waals surface area contributed by atoms with Crippen LogP contribution in [-0.4, -0.2) is 14.2 Å². The van der Waals surface area contributed by atoms with Gasteiger partial charge in [0.15, 0.2) is 0 Å². The monoisotopic (exact) mass is 382 g/mol. The van der Waals surface area contributed by atoms with Crippen molar-refractivity contribution in [3.05, 3.63) is 53.0 Å². The van der Waals surface area contributed by atoms with E-state index >= 15 is 0 Å². The molecule has 0 spiro atoms. The van der Waals surface area contributed by atoms with Crippen molar-refractivity contribution in [3.63, 3.8) is 0 Å². The summed E-state index contributed by atoms with van der Waals surface area (Å²) in [7, 11) is -3.25. The minimum atomic E-state index is -3.25. The van der Waals surface area contributed by atoms with Crippen LogP contribution in [0.2, 0.25) is 0 Å². The van der Waals surface area contributed by atoms with E-state index < -0.39 is 10.0 Å². The molecule has 0 bridgehead atoms. The van der Waals surface area contributed by atoms with Crippen LogP contribution in [0.1, 0.15) is 19.8 Å². The number of hydrogen-bond acceptors (Lipinski definition) is 3. The second kappa shape index (κ2) is 7.65. The summed E-state index contributed by atoms with van der Waals surface area (Å²) in [6, 6.07) is 15.0. The minimum absolute atomic E-state index is 0.153. The molecule has 0 unspecified atom stereocenters. The van der Waals surface area contributed by atoms with E-state index in [9.17, 15) is 8.42 Å². The molecule has 0 saturated carbocycles. The maximum Gasteiger partial charge on any atom is 0.232 e. The lowest BCUT2D eigenvalue weighted by atomic mass is 10.2. The van der Waals surface area contributed by atoms with Crippen LogP contribution in [0.5, 0.6) is 0 Å². The molecular formula is C16H19BrN2O2S. The highest BCUT2D eigenvalue weighted by Crippen LogP contribution is 2.26. The molecule has 6 heteroatoms. The first-order chi connectivity index (χ1) is 10.5. The Morgan fingerprint density at radius 2 is 1.64 bits per heavy atom.